The number of carbonyl (C=O) groups is 1. The highest BCUT2D eigenvalue weighted by atomic mass is 32.1. The number of morpholine rings is 1. The molecule has 0 saturated carbocycles. The summed E-state index contributed by atoms with van der Waals surface area (Å²) in [6.45, 7) is 5.71. The predicted molar refractivity (Wildman–Crippen MR) is 79.4 cm³/mol. The Morgan fingerprint density at radius 3 is 3.10 bits per heavy atom. The van der Waals surface area contributed by atoms with Gasteiger partial charge >= 0.3 is 0 Å². The van der Waals surface area contributed by atoms with Crippen molar-refractivity contribution in [3.8, 4) is 0 Å². The summed E-state index contributed by atoms with van der Waals surface area (Å²) in [5, 5.41) is 10.9. The molecule has 1 aliphatic rings. The monoisotopic (exact) mass is 306 g/mol. The van der Waals surface area contributed by atoms with Gasteiger partial charge in [-0.1, -0.05) is 13.8 Å². The second-order valence-electron chi connectivity index (χ2n) is 5.36. The van der Waals surface area contributed by atoms with Gasteiger partial charge in [0, 0.05) is 17.8 Å². The number of aromatic amines is 1. The van der Waals surface area contributed by atoms with Crippen LogP contribution >= 0.6 is 11.3 Å². The fourth-order valence-corrected chi connectivity index (χ4v) is 2.89. The third-order valence-corrected chi connectivity index (χ3v) is 4.15. The van der Waals surface area contributed by atoms with Crippen molar-refractivity contribution in [3.63, 3.8) is 0 Å². The lowest BCUT2D eigenvalue weighted by molar-refractivity contribution is -0.0266. The minimum atomic E-state index is -0.235. The van der Waals surface area contributed by atoms with Crippen LogP contribution in [0.1, 0.15) is 47.9 Å². The third-order valence-electron chi connectivity index (χ3n) is 3.46. The number of amides is 1. The van der Waals surface area contributed by atoms with Gasteiger partial charge in [0.1, 0.15) is 6.10 Å². The molecule has 0 unspecified atom stereocenters. The van der Waals surface area contributed by atoms with E-state index in [0.717, 1.165) is 11.4 Å². The Morgan fingerprint density at radius 1 is 1.57 bits per heavy atom. The van der Waals surface area contributed by atoms with Gasteiger partial charge in [-0.2, -0.15) is 16.4 Å². The fourth-order valence-electron chi connectivity index (χ4n) is 2.26. The van der Waals surface area contributed by atoms with Crippen LogP contribution in [-0.2, 0) is 4.74 Å². The number of aromatic nitrogens is 3. The summed E-state index contributed by atoms with van der Waals surface area (Å²) in [4.78, 5) is 18.7. The third kappa shape index (κ3) is 2.98. The Morgan fingerprint density at radius 2 is 2.43 bits per heavy atom. The van der Waals surface area contributed by atoms with Crippen molar-refractivity contribution in [1.29, 1.82) is 0 Å². The van der Waals surface area contributed by atoms with Crippen molar-refractivity contribution in [1.82, 2.24) is 20.1 Å². The summed E-state index contributed by atoms with van der Waals surface area (Å²) >= 11 is 1.53. The van der Waals surface area contributed by atoms with Crippen LogP contribution in [0.3, 0.4) is 0 Å². The topological polar surface area (TPSA) is 71.1 Å². The van der Waals surface area contributed by atoms with E-state index in [4.69, 9.17) is 4.74 Å². The maximum absolute atomic E-state index is 12.4. The number of rotatable bonds is 3. The van der Waals surface area contributed by atoms with Gasteiger partial charge in [0.15, 0.2) is 11.6 Å². The molecule has 0 radical (unpaired) electrons. The average Bonchev–Trinajstić information content (AvgIpc) is 3.18. The molecule has 6 nitrogen and oxygen atoms in total. The van der Waals surface area contributed by atoms with E-state index in [-0.39, 0.29) is 17.9 Å². The van der Waals surface area contributed by atoms with Crippen LogP contribution in [0.25, 0.3) is 0 Å². The van der Waals surface area contributed by atoms with E-state index in [1.807, 2.05) is 35.6 Å². The van der Waals surface area contributed by atoms with Crippen molar-refractivity contribution < 1.29 is 9.53 Å². The molecule has 1 fully saturated rings. The summed E-state index contributed by atoms with van der Waals surface area (Å²) in [6.07, 6.45) is -0.235. The van der Waals surface area contributed by atoms with Crippen LogP contribution in [0.4, 0.5) is 0 Å². The van der Waals surface area contributed by atoms with Gasteiger partial charge in [-0.05, 0) is 11.4 Å². The first kappa shape index (κ1) is 14.2. The van der Waals surface area contributed by atoms with Crippen LogP contribution < -0.4 is 0 Å². The number of hydrogen-bond acceptors (Lipinski definition) is 5. The second-order valence-corrected chi connectivity index (χ2v) is 6.14. The normalized spacial score (nSPS) is 19.2. The highest BCUT2D eigenvalue weighted by molar-refractivity contribution is 7.08. The molecule has 0 aliphatic carbocycles. The quantitative estimate of drug-likeness (QED) is 0.943. The van der Waals surface area contributed by atoms with Crippen LogP contribution in [0.15, 0.2) is 16.8 Å². The van der Waals surface area contributed by atoms with Gasteiger partial charge in [0.25, 0.3) is 5.91 Å². The smallest absolute Gasteiger partial charge is 0.254 e. The molecule has 0 aromatic carbocycles. The highest BCUT2D eigenvalue weighted by Crippen LogP contribution is 2.22. The van der Waals surface area contributed by atoms with E-state index in [1.165, 1.54) is 11.3 Å². The Labute approximate surface area is 127 Å². The Balaban J connectivity index is 1.72. The van der Waals surface area contributed by atoms with Crippen molar-refractivity contribution in [2.45, 2.75) is 25.9 Å². The minimum absolute atomic E-state index is 0.0492. The number of H-pyrrole nitrogens is 1. The molecule has 0 spiro atoms. The zero-order valence-electron chi connectivity index (χ0n) is 12.1. The molecule has 1 N–H and O–H groups in total. The van der Waals surface area contributed by atoms with E-state index in [0.29, 0.717) is 25.5 Å². The maximum atomic E-state index is 12.4. The minimum Gasteiger partial charge on any atom is -0.367 e. The van der Waals surface area contributed by atoms with Crippen molar-refractivity contribution >= 4 is 17.2 Å². The summed E-state index contributed by atoms with van der Waals surface area (Å²) in [6, 6.07) is 1.85. The van der Waals surface area contributed by atoms with Crippen LogP contribution in [0, 0.1) is 0 Å². The molecule has 1 saturated heterocycles. The molecule has 2 aromatic heterocycles. The number of nitrogens with zero attached hydrogens (tertiary/aromatic N) is 3. The lowest BCUT2D eigenvalue weighted by atomic mass is 10.2. The van der Waals surface area contributed by atoms with E-state index < -0.39 is 0 Å². The molecule has 7 heteroatoms. The highest BCUT2D eigenvalue weighted by Gasteiger charge is 2.28. The Kier molecular flexibility index (Phi) is 4.03. The van der Waals surface area contributed by atoms with E-state index in [1.54, 1.807) is 0 Å². The van der Waals surface area contributed by atoms with Gasteiger partial charge in [-0.15, -0.1) is 0 Å². The lowest BCUT2D eigenvalue weighted by Gasteiger charge is -2.31. The number of hydrogen-bond donors (Lipinski definition) is 1. The first-order valence-electron chi connectivity index (χ1n) is 7.00. The summed E-state index contributed by atoms with van der Waals surface area (Å²) < 4.78 is 5.73. The number of nitrogens with one attached hydrogen (secondary N) is 1. The van der Waals surface area contributed by atoms with E-state index >= 15 is 0 Å². The SMILES string of the molecule is CC(C)c1n[nH]c([C@@H]2CN(C(=O)c3ccsc3)CCO2)n1. The summed E-state index contributed by atoms with van der Waals surface area (Å²) in [7, 11) is 0. The molecular formula is C14H18N4O2S. The van der Waals surface area contributed by atoms with Gasteiger partial charge in [0.05, 0.1) is 18.7 Å². The molecule has 1 aliphatic heterocycles. The first-order valence-corrected chi connectivity index (χ1v) is 7.94. The van der Waals surface area contributed by atoms with Crippen molar-refractivity contribution in [2.24, 2.45) is 0 Å². The standard InChI is InChI=1S/C14H18N4O2S/c1-9(2)12-15-13(17-16-12)11-7-18(4-5-20-11)14(19)10-3-6-21-8-10/h3,6,8-9,11H,4-5,7H2,1-2H3,(H,15,16,17)/t11-/m0/s1. The molecule has 1 amide bonds. The zero-order valence-corrected chi connectivity index (χ0v) is 12.9. The predicted octanol–water partition coefficient (Wildman–Crippen LogP) is 2.20. The fraction of sp³-hybridized carbons (Fsp3) is 0.500. The van der Waals surface area contributed by atoms with Crippen LogP contribution in [0.5, 0.6) is 0 Å². The Bertz CT molecular complexity index is 608. The molecule has 1 atom stereocenters. The zero-order chi connectivity index (χ0) is 14.8. The van der Waals surface area contributed by atoms with Gasteiger partial charge < -0.3 is 9.64 Å². The van der Waals surface area contributed by atoms with Crippen LogP contribution in [-0.4, -0.2) is 45.7 Å². The van der Waals surface area contributed by atoms with Crippen molar-refractivity contribution in [3.05, 3.63) is 34.0 Å². The summed E-state index contributed by atoms with van der Waals surface area (Å²) in [5.74, 6) is 1.78. The molecule has 112 valence electrons. The number of carbonyl (C=O) groups excluding carboxylic acids is 1. The lowest BCUT2D eigenvalue weighted by Crippen LogP contribution is -2.42. The molecule has 3 rings (SSSR count). The van der Waals surface area contributed by atoms with E-state index in [9.17, 15) is 4.79 Å². The molecule has 0 bridgehead atoms. The maximum Gasteiger partial charge on any atom is 0.254 e. The second kappa shape index (κ2) is 5.95. The largest absolute Gasteiger partial charge is 0.367 e. The summed E-state index contributed by atoms with van der Waals surface area (Å²) in [5.41, 5.74) is 0.737. The molecule has 3 heterocycles. The average molecular weight is 306 g/mol. The Hall–Kier alpha value is -1.73. The van der Waals surface area contributed by atoms with Gasteiger partial charge in [-0.25, -0.2) is 4.98 Å². The van der Waals surface area contributed by atoms with Gasteiger partial charge in [0.2, 0.25) is 0 Å². The van der Waals surface area contributed by atoms with Crippen LogP contribution in [0.2, 0.25) is 0 Å². The number of thiophene rings is 1. The molecule has 21 heavy (non-hydrogen) atoms. The van der Waals surface area contributed by atoms with E-state index in [2.05, 4.69) is 15.2 Å². The van der Waals surface area contributed by atoms with Crippen molar-refractivity contribution in [2.75, 3.05) is 19.7 Å². The molecular weight excluding hydrogens is 288 g/mol. The first-order chi connectivity index (χ1) is 10.1. The number of ether oxygens (including phenoxy) is 1. The van der Waals surface area contributed by atoms with Gasteiger partial charge in [-0.3, -0.25) is 9.89 Å². The molecule has 2 aromatic rings.